The number of imidazole rings is 2. The highest BCUT2D eigenvalue weighted by Crippen LogP contribution is 2.19. The number of hydrogen-bond donors (Lipinski definition) is 0. The minimum Gasteiger partial charge on any atom is -0.337 e. The zero-order valence-electron chi connectivity index (χ0n) is 12.2. The van der Waals surface area contributed by atoms with Crippen molar-refractivity contribution in [2.75, 3.05) is 0 Å². The molecule has 0 radical (unpaired) electrons. The molecule has 21 heavy (non-hydrogen) atoms. The van der Waals surface area contributed by atoms with Crippen LogP contribution in [0.15, 0.2) is 18.6 Å². The number of nitrogens with zero attached hydrogens (tertiary/aromatic N) is 7. The van der Waals surface area contributed by atoms with Crippen LogP contribution in [0.4, 0.5) is 0 Å². The van der Waals surface area contributed by atoms with Gasteiger partial charge in [-0.05, 0) is 13.3 Å². The van der Waals surface area contributed by atoms with E-state index in [2.05, 4.69) is 29.3 Å². The van der Waals surface area contributed by atoms with Crippen LogP contribution in [0.1, 0.15) is 23.9 Å². The summed E-state index contributed by atoms with van der Waals surface area (Å²) in [6, 6.07) is 0. The fourth-order valence-corrected chi connectivity index (χ4v) is 2.82. The second-order valence-corrected chi connectivity index (χ2v) is 5.45. The van der Waals surface area contributed by atoms with E-state index in [1.165, 1.54) is 0 Å². The number of rotatable bonds is 3. The molecule has 0 saturated heterocycles. The first-order valence-electron chi connectivity index (χ1n) is 7.15. The Hall–Kier alpha value is -2.44. The number of fused-ring (bicyclic) bond motifs is 1. The van der Waals surface area contributed by atoms with E-state index in [-0.39, 0.29) is 0 Å². The molecule has 0 bridgehead atoms. The zero-order chi connectivity index (χ0) is 14.4. The maximum absolute atomic E-state index is 4.55. The van der Waals surface area contributed by atoms with Crippen LogP contribution in [0.25, 0.3) is 11.5 Å². The van der Waals surface area contributed by atoms with Gasteiger partial charge in [0.1, 0.15) is 17.3 Å². The molecular formula is C14H17N7. The molecule has 0 spiro atoms. The first kappa shape index (κ1) is 12.3. The Kier molecular flexibility index (Phi) is 2.66. The van der Waals surface area contributed by atoms with Gasteiger partial charge in [-0.25, -0.2) is 9.97 Å². The van der Waals surface area contributed by atoms with Gasteiger partial charge in [-0.3, -0.25) is 0 Å². The van der Waals surface area contributed by atoms with Crippen molar-refractivity contribution in [3.8, 4) is 11.5 Å². The minimum absolute atomic E-state index is 0.679. The molecule has 3 aromatic heterocycles. The molecule has 0 aromatic carbocycles. The zero-order valence-corrected chi connectivity index (χ0v) is 12.2. The normalized spacial score (nSPS) is 13.8. The van der Waals surface area contributed by atoms with E-state index in [0.717, 1.165) is 48.4 Å². The molecule has 0 unspecified atom stereocenters. The summed E-state index contributed by atoms with van der Waals surface area (Å²) in [5.74, 6) is 3.94. The minimum atomic E-state index is 0.679. The van der Waals surface area contributed by atoms with E-state index >= 15 is 0 Å². The summed E-state index contributed by atoms with van der Waals surface area (Å²) in [7, 11) is 1.99. The van der Waals surface area contributed by atoms with Gasteiger partial charge >= 0.3 is 0 Å². The molecule has 0 amide bonds. The quantitative estimate of drug-likeness (QED) is 0.724. The van der Waals surface area contributed by atoms with Gasteiger partial charge in [-0.1, -0.05) is 0 Å². The molecule has 0 fully saturated rings. The van der Waals surface area contributed by atoms with Gasteiger partial charge in [-0.15, -0.1) is 10.2 Å². The van der Waals surface area contributed by atoms with Crippen LogP contribution in [-0.4, -0.2) is 33.9 Å². The Balaban J connectivity index is 1.69. The smallest absolute Gasteiger partial charge is 0.160 e. The fraction of sp³-hybridized carbons (Fsp3) is 0.429. The Morgan fingerprint density at radius 2 is 2.19 bits per heavy atom. The van der Waals surface area contributed by atoms with Crippen LogP contribution in [0.3, 0.4) is 0 Å². The summed E-state index contributed by atoms with van der Waals surface area (Å²) in [4.78, 5) is 9.00. The predicted octanol–water partition coefficient (Wildman–Crippen LogP) is 1.18. The molecule has 0 atom stereocenters. The van der Waals surface area contributed by atoms with E-state index < -0.39 is 0 Å². The third-order valence-electron chi connectivity index (χ3n) is 4.05. The average molecular weight is 283 g/mol. The highest BCUT2D eigenvalue weighted by molar-refractivity contribution is 5.49. The molecule has 108 valence electrons. The lowest BCUT2D eigenvalue weighted by Crippen LogP contribution is -2.08. The van der Waals surface area contributed by atoms with Crippen molar-refractivity contribution < 1.29 is 0 Å². The Labute approximate surface area is 122 Å². The fourth-order valence-electron chi connectivity index (χ4n) is 2.82. The van der Waals surface area contributed by atoms with Crippen molar-refractivity contribution >= 4 is 0 Å². The van der Waals surface area contributed by atoms with Crippen LogP contribution in [-0.2, 0) is 26.6 Å². The average Bonchev–Trinajstić information content (AvgIpc) is 3.18. The predicted molar refractivity (Wildman–Crippen MR) is 76.6 cm³/mol. The van der Waals surface area contributed by atoms with Crippen molar-refractivity contribution in [2.24, 2.45) is 7.05 Å². The maximum Gasteiger partial charge on any atom is 0.160 e. The number of aromatic nitrogens is 7. The lowest BCUT2D eigenvalue weighted by atomic mass is 10.4. The summed E-state index contributed by atoms with van der Waals surface area (Å²) in [5.41, 5.74) is 0.890. The van der Waals surface area contributed by atoms with E-state index in [1.807, 2.05) is 30.9 Å². The van der Waals surface area contributed by atoms with Crippen LogP contribution < -0.4 is 0 Å². The second kappa shape index (κ2) is 4.54. The molecule has 7 heteroatoms. The molecule has 4 rings (SSSR count). The van der Waals surface area contributed by atoms with Crippen molar-refractivity contribution in [2.45, 2.75) is 32.9 Å². The van der Waals surface area contributed by atoms with Crippen molar-refractivity contribution in [1.82, 2.24) is 33.9 Å². The molecule has 1 aliphatic rings. The molecule has 4 heterocycles. The Bertz CT molecular complexity index is 773. The monoisotopic (exact) mass is 283 g/mol. The van der Waals surface area contributed by atoms with Gasteiger partial charge in [0.25, 0.3) is 0 Å². The summed E-state index contributed by atoms with van der Waals surface area (Å²) in [6.07, 6.45) is 7.97. The van der Waals surface area contributed by atoms with Gasteiger partial charge < -0.3 is 13.7 Å². The SMILES string of the molecule is Cc1nc(-c2nccn2Cc2nnc3n2CCC3)cn1C. The molecule has 3 aromatic rings. The van der Waals surface area contributed by atoms with Crippen molar-refractivity contribution in [3.05, 3.63) is 36.1 Å². The van der Waals surface area contributed by atoms with Crippen LogP contribution in [0.5, 0.6) is 0 Å². The summed E-state index contributed by atoms with van der Waals surface area (Å²) in [5, 5.41) is 8.57. The molecule has 1 aliphatic heterocycles. The third kappa shape index (κ3) is 1.96. The highest BCUT2D eigenvalue weighted by atomic mass is 15.3. The van der Waals surface area contributed by atoms with E-state index in [1.54, 1.807) is 6.20 Å². The third-order valence-corrected chi connectivity index (χ3v) is 4.05. The van der Waals surface area contributed by atoms with Gasteiger partial charge in [0, 0.05) is 38.6 Å². The summed E-state index contributed by atoms with van der Waals surface area (Å²) >= 11 is 0. The Morgan fingerprint density at radius 1 is 1.29 bits per heavy atom. The van der Waals surface area contributed by atoms with Gasteiger partial charge in [-0.2, -0.15) is 0 Å². The maximum atomic E-state index is 4.55. The highest BCUT2D eigenvalue weighted by Gasteiger charge is 2.19. The summed E-state index contributed by atoms with van der Waals surface area (Å²) in [6.45, 7) is 3.69. The Morgan fingerprint density at radius 3 is 3.00 bits per heavy atom. The van der Waals surface area contributed by atoms with Gasteiger partial charge in [0.2, 0.25) is 0 Å². The summed E-state index contributed by atoms with van der Waals surface area (Å²) < 4.78 is 6.30. The molecule has 7 nitrogen and oxygen atoms in total. The van der Waals surface area contributed by atoms with Crippen molar-refractivity contribution in [1.29, 1.82) is 0 Å². The first-order valence-corrected chi connectivity index (χ1v) is 7.15. The van der Waals surface area contributed by atoms with E-state index in [4.69, 9.17) is 0 Å². The molecule has 0 saturated carbocycles. The lowest BCUT2D eigenvalue weighted by Gasteiger charge is -2.06. The first-order chi connectivity index (χ1) is 10.2. The van der Waals surface area contributed by atoms with Crippen LogP contribution in [0.2, 0.25) is 0 Å². The largest absolute Gasteiger partial charge is 0.337 e. The number of hydrogen-bond acceptors (Lipinski definition) is 4. The topological polar surface area (TPSA) is 66.3 Å². The van der Waals surface area contributed by atoms with Crippen molar-refractivity contribution in [3.63, 3.8) is 0 Å². The molecular weight excluding hydrogens is 266 g/mol. The van der Waals surface area contributed by atoms with Crippen LogP contribution in [0, 0.1) is 6.92 Å². The lowest BCUT2D eigenvalue weighted by molar-refractivity contribution is 0.648. The van der Waals surface area contributed by atoms with Gasteiger partial charge in [0.15, 0.2) is 11.6 Å². The molecule has 0 aliphatic carbocycles. The van der Waals surface area contributed by atoms with Crippen LogP contribution >= 0.6 is 0 Å². The standard InChI is InChI=1S/C14H17N7/c1-10-16-11(8-19(10)2)14-15-5-7-20(14)9-13-18-17-12-4-3-6-21(12)13/h5,7-8H,3-4,6,9H2,1-2H3. The van der Waals surface area contributed by atoms with E-state index in [9.17, 15) is 0 Å². The molecule has 0 N–H and O–H groups in total. The second-order valence-electron chi connectivity index (χ2n) is 5.45. The number of aryl methyl sites for hydroxylation is 3. The van der Waals surface area contributed by atoms with Gasteiger partial charge in [0.05, 0.1) is 6.54 Å². The van der Waals surface area contributed by atoms with E-state index in [0.29, 0.717) is 6.54 Å².